The molecule has 122 valence electrons. The van der Waals surface area contributed by atoms with Crippen LogP contribution < -0.4 is 4.74 Å². The Morgan fingerprint density at radius 1 is 1.32 bits per heavy atom. The van der Waals surface area contributed by atoms with Gasteiger partial charge in [-0.3, -0.25) is 4.90 Å². The summed E-state index contributed by atoms with van der Waals surface area (Å²) in [6.07, 6.45) is 2.95. The smallest absolute Gasteiger partial charge is 0.137 e. The number of nitrogens with zero attached hydrogens (tertiary/aromatic N) is 1. The molecule has 5 heteroatoms. The van der Waals surface area contributed by atoms with Gasteiger partial charge in [-0.2, -0.15) is 0 Å². The Morgan fingerprint density at radius 2 is 2.18 bits per heavy atom. The summed E-state index contributed by atoms with van der Waals surface area (Å²) < 4.78 is 11.4. The van der Waals surface area contributed by atoms with E-state index in [-0.39, 0.29) is 6.10 Å². The van der Waals surface area contributed by atoms with Crippen molar-refractivity contribution in [2.75, 3.05) is 32.9 Å². The summed E-state index contributed by atoms with van der Waals surface area (Å²) in [4.78, 5) is 2.40. The van der Waals surface area contributed by atoms with Crippen LogP contribution in [0.1, 0.15) is 19.3 Å². The van der Waals surface area contributed by atoms with E-state index in [2.05, 4.69) is 4.90 Å². The van der Waals surface area contributed by atoms with Crippen molar-refractivity contribution < 1.29 is 14.6 Å². The first-order valence-corrected chi connectivity index (χ1v) is 8.50. The number of rotatable bonds is 5. The number of morpholine rings is 1. The van der Waals surface area contributed by atoms with E-state index in [1.807, 2.05) is 24.3 Å². The first kappa shape index (κ1) is 16.1. The maximum atomic E-state index is 10.2. The van der Waals surface area contributed by atoms with Crippen molar-refractivity contribution in [2.24, 2.45) is 5.92 Å². The zero-order valence-corrected chi connectivity index (χ0v) is 13.5. The number of halogens is 1. The summed E-state index contributed by atoms with van der Waals surface area (Å²) >= 11 is 6.11. The third kappa shape index (κ3) is 3.74. The van der Waals surface area contributed by atoms with E-state index in [9.17, 15) is 5.11 Å². The van der Waals surface area contributed by atoms with Gasteiger partial charge in [-0.1, -0.05) is 30.2 Å². The van der Waals surface area contributed by atoms with Crippen LogP contribution in [0.3, 0.4) is 0 Å². The Kier molecular flexibility index (Phi) is 5.58. The summed E-state index contributed by atoms with van der Waals surface area (Å²) in [6, 6.07) is 7.85. The molecule has 0 radical (unpaired) electrons. The van der Waals surface area contributed by atoms with E-state index in [1.54, 1.807) is 0 Å². The van der Waals surface area contributed by atoms with Gasteiger partial charge in [-0.05, 0) is 25.0 Å². The molecule has 1 N–H and O–H groups in total. The maximum Gasteiger partial charge on any atom is 0.137 e. The van der Waals surface area contributed by atoms with Crippen molar-refractivity contribution >= 4 is 11.6 Å². The van der Waals surface area contributed by atoms with Gasteiger partial charge in [0.15, 0.2) is 0 Å². The molecule has 0 amide bonds. The maximum absolute atomic E-state index is 10.2. The topological polar surface area (TPSA) is 41.9 Å². The van der Waals surface area contributed by atoms with Crippen LogP contribution in [0, 0.1) is 5.92 Å². The molecule has 1 heterocycles. The van der Waals surface area contributed by atoms with E-state index in [0.717, 1.165) is 44.7 Å². The molecule has 3 rings (SSSR count). The van der Waals surface area contributed by atoms with Crippen LogP contribution in [0.4, 0.5) is 0 Å². The van der Waals surface area contributed by atoms with E-state index in [1.165, 1.54) is 0 Å². The lowest BCUT2D eigenvalue weighted by molar-refractivity contribution is -0.0532. The van der Waals surface area contributed by atoms with E-state index in [0.29, 0.717) is 30.2 Å². The first-order valence-electron chi connectivity index (χ1n) is 8.13. The van der Waals surface area contributed by atoms with Crippen LogP contribution in [0.15, 0.2) is 24.3 Å². The highest BCUT2D eigenvalue weighted by Crippen LogP contribution is 2.32. The van der Waals surface area contributed by atoms with Crippen LogP contribution in [0.25, 0.3) is 0 Å². The Hall–Kier alpha value is -0.810. The van der Waals surface area contributed by atoms with Crippen LogP contribution in [-0.4, -0.2) is 55.1 Å². The lowest BCUT2D eigenvalue weighted by Crippen LogP contribution is -2.52. The molecule has 0 spiro atoms. The Labute approximate surface area is 137 Å². The Morgan fingerprint density at radius 3 is 2.95 bits per heavy atom. The molecule has 2 fully saturated rings. The highest BCUT2D eigenvalue weighted by molar-refractivity contribution is 6.32. The van der Waals surface area contributed by atoms with Gasteiger partial charge >= 0.3 is 0 Å². The van der Waals surface area contributed by atoms with Gasteiger partial charge < -0.3 is 14.6 Å². The molecule has 1 aliphatic carbocycles. The quantitative estimate of drug-likeness (QED) is 0.903. The van der Waals surface area contributed by atoms with Gasteiger partial charge in [0.2, 0.25) is 0 Å². The lowest BCUT2D eigenvalue weighted by Gasteiger charge is -2.40. The predicted molar refractivity (Wildman–Crippen MR) is 86.5 cm³/mol. The predicted octanol–water partition coefficient (Wildman–Crippen LogP) is 2.58. The van der Waals surface area contributed by atoms with Gasteiger partial charge in [0.1, 0.15) is 12.4 Å². The number of hydrogen-bond donors (Lipinski definition) is 1. The minimum atomic E-state index is -0.182. The molecule has 1 aromatic rings. The molecule has 3 atom stereocenters. The molecular formula is C17H24ClNO3. The number of hydrogen-bond acceptors (Lipinski definition) is 4. The molecule has 0 aromatic heterocycles. The van der Waals surface area contributed by atoms with E-state index >= 15 is 0 Å². The monoisotopic (exact) mass is 325 g/mol. The van der Waals surface area contributed by atoms with Gasteiger partial charge in [-0.15, -0.1) is 0 Å². The summed E-state index contributed by atoms with van der Waals surface area (Å²) in [6.45, 7) is 3.81. The number of aliphatic hydroxyl groups excluding tert-OH is 1. The molecule has 1 saturated carbocycles. The molecular weight excluding hydrogens is 302 g/mol. The third-order valence-electron chi connectivity index (χ3n) is 4.78. The van der Waals surface area contributed by atoms with Crippen molar-refractivity contribution in [3.05, 3.63) is 29.3 Å². The minimum Gasteiger partial charge on any atom is -0.491 e. The molecule has 0 unspecified atom stereocenters. The molecule has 4 nitrogen and oxygen atoms in total. The fourth-order valence-electron chi connectivity index (χ4n) is 3.58. The SMILES string of the molecule is O[C@@H]1CCC[C@@H]1[C@@H]1COCCN1CCOc1ccccc1Cl. The summed E-state index contributed by atoms with van der Waals surface area (Å²) in [5, 5.41) is 10.8. The second-order valence-corrected chi connectivity index (χ2v) is 6.53. The Bertz CT molecular complexity index is 485. The van der Waals surface area contributed by atoms with E-state index in [4.69, 9.17) is 21.1 Å². The number of aliphatic hydroxyl groups is 1. The van der Waals surface area contributed by atoms with Crippen molar-refractivity contribution in [1.82, 2.24) is 4.90 Å². The second kappa shape index (κ2) is 7.64. The largest absolute Gasteiger partial charge is 0.491 e. The summed E-state index contributed by atoms with van der Waals surface area (Å²) in [5.74, 6) is 1.07. The number of para-hydroxylation sites is 1. The standard InChI is InChI=1S/C17H24ClNO3/c18-14-5-1-2-7-17(14)22-11-9-19-8-10-21-12-15(19)13-4-3-6-16(13)20/h1-2,5,7,13,15-16,20H,3-4,6,8-12H2/t13-,15+,16-/m1/s1. The van der Waals surface area contributed by atoms with Crippen LogP contribution in [0.2, 0.25) is 5.02 Å². The van der Waals surface area contributed by atoms with Gasteiger partial charge in [0, 0.05) is 25.0 Å². The highest BCUT2D eigenvalue weighted by atomic mass is 35.5. The van der Waals surface area contributed by atoms with E-state index < -0.39 is 0 Å². The van der Waals surface area contributed by atoms with Gasteiger partial charge in [0.05, 0.1) is 24.3 Å². The van der Waals surface area contributed by atoms with Crippen LogP contribution in [0.5, 0.6) is 5.75 Å². The van der Waals surface area contributed by atoms with Crippen LogP contribution in [-0.2, 0) is 4.74 Å². The number of benzene rings is 1. The second-order valence-electron chi connectivity index (χ2n) is 6.12. The fourth-order valence-corrected chi connectivity index (χ4v) is 3.77. The van der Waals surface area contributed by atoms with Crippen molar-refractivity contribution in [3.63, 3.8) is 0 Å². The molecule has 22 heavy (non-hydrogen) atoms. The molecule has 1 aromatic carbocycles. The lowest BCUT2D eigenvalue weighted by atomic mass is 9.94. The van der Waals surface area contributed by atoms with Crippen molar-refractivity contribution in [2.45, 2.75) is 31.4 Å². The number of ether oxygens (including phenoxy) is 2. The molecule has 1 saturated heterocycles. The summed E-state index contributed by atoms with van der Waals surface area (Å²) in [7, 11) is 0. The van der Waals surface area contributed by atoms with Crippen molar-refractivity contribution in [3.8, 4) is 5.75 Å². The minimum absolute atomic E-state index is 0.182. The first-order chi connectivity index (χ1) is 10.8. The van der Waals surface area contributed by atoms with Gasteiger partial charge in [-0.25, -0.2) is 0 Å². The highest BCUT2D eigenvalue weighted by Gasteiger charge is 2.37. The molecule has 1 aliphatic heterocycles. The fraction of sp³-hybridized carbons (Fsp3) is 0.647. The molecule has 0 bridgehead atoms. The van der Waals surface area contributed by atoms with Gasteiger partial charge in [0.25, 0.3) is 0 Å². The average molecular weight is 326 g/mol. The van der Waals surface area contributed by atoms with Crippen molar-refractivity contribution in [1.29, 1.82) is 0 Å². The average Bonchev–Trinajstić information content (AvgIpc) is 2.96. The normalized spacial score (nSPS) is 29.6. The third-order valence-corrected chi connectivity index (χ3v) is 5.09. The van der Waals surface area contributed by atoms with Crippen LogP contribution >= 0.6 is 11.6 Å². The molecule has 2 aliphatic rings. The zero-order valence-electron chi connectivity index (χ0n) is 12.8. The zero-order chi connectivity index (χ0) is 15.4. The summed E-state index contributed by atoms with van der Waals surface area (Å²) in [5.41, 5.74) is 0. The Balaban J connectivity index is 1.54.